The van der Waals surface area contributed by atoms with Crippen LogP contribution in [0.2, 0.25) is 0 Å². The summed E-state index contributed by atoms with van der Waals surface area (Å²) in [4.78, 5) is 26.1. The minimum absolute atomic E-state index is 0.0412. The number of carbonyl (C=O) groups is 1. The number of fused-ring (bicyclic) bond motifs is 1. The average Bonchev–Trinajstić information content (AvgIpc) is 2.60. The van der Waals surface area contributed by atoms with Gasteiger partial charge in [-0.1, -0.05) is 12.1 Å². The van der Waals surface area contributed by atoms with E-state index in [1.807, 2.05) is 0 Å². The van der Waals surface area contributed by atoms with Gasteiger partial charge in [0.25, 0.3) is 5.56 Å². The van der Waals surface area contributed by atoms with E-state index >= 15 is 0 Å². The molecule has 0 bridgehead atoms. The standard InChI is InChI=1S/C18H15FN2O4/c1-25-15-8-11(3-5-14(15)19)16(18(23)24)21-12-4-2-10-6-7-20-17(22)13(10)9-12/h2-9,16,21H,1H3,(H,20,22)(H,23,24). The molecule has 0 saturated heterocycles. The molecule has 1 atom stereocenters. The highest BCUT2D eigenvalue weighted by atomic mass is 19.1. The predicted molar refractivity (Wildman–Crippen MR) is 91.5 cm³/mol. The van der Waals surface area contributed by atoms with Crippen LogP contribution in [0.15, 0.2) is 53.5 Å². The number of carboxylic acids is 1. The van der Waals surface area contributed by atoms with Crippen molar-refractivity contribution in [1.29, 1.82) is 0 Å². The summed E-state index contributed by atoms with van der Waals surface area (Å²) in [6.07, 6.45) is 1.54. The molecular weight excluding hydrogens is 327 g/mol. The van der Waals surface area contributed by atoms with E-state index in [0.29, 0.717) is 16.6 Å². The fraction of sp³-hybridized carbons (Fsp3) is 0.111. The zero-order chi connectivity index (χ0) is 18.0. The van der Waals surface area contributed by atoms with Crippen LogP contribution in [0.5, 0.6) is 5.75 Å². The number of aromatic nitrogens is 1. The van der Waals surface area contributed by atoms with Gasteiger partial charge in [0, 0.05) is 17.3 Å². The lowest BCUT2D eigenvalue weighted by molar-refractivity contribution is -0.138. The van der Waals surface area contributed by atoms with Gasteiger partial charge in [0.1, 0.15) is 0 Å². The van der Waals surface area contributed by atoms with Crippen LogP contribution in [0.1, 0.15) is 11.6 Å². The summed E-state index contributed by atoms with van der Waals surface area (Å²) in [5.74, 6) is -1.76. The van der Waals surface area contributed by atoms with Crippen LogP contribution < -0.4 is 15.6 Å². The summed E-state index contributed by atoms with van der Waals surface area (Å²) >= 11 is 0. The van der Waals surface area contributed by atoms with E-state index in [2.05, 4.69) is 10.3 Å². The number of carboxylic acid groups (broad SMARTS) is 1. The second-order valence-corrected chi connectivity index (χ2v) is 5.42. The number of halogens is 1. The zero-order valence-electron chi connectivity index (χ0n) is 13.2. The molecule has 7 heteroatoms. The lowest BCUT2D eigenvalue weighted by atomic mass is 10.1. The normalized spacial score (nSPS) is 11.9. The summed E-state index contributed by atoms with van der Waals surface area (Å²) in [6.45, 7) is 0. The number of ether oxygens (including phenoxy) is 1. The summed E-state index contributed by atoms with van der Waals surface area (Å²) in [6, 6.07) is 9.44. The molecule has 1 heterocycles. The van der Waals surface area contributed by atoms with E-state index in [1.54, 1.807) is 30.5 Å². The topological polar surface area (TPSA) is 91.4 Å². The third-order valence-corrected chi connectivity index (χ3v) is 3.84. The van der Waals surface area contributed by atoms with Crippen LogP contribution >= 0.6 is 0 Å². The minimum atomic E-state index is -1.14. The molecule has 0 radical (unpaired) electrons. The SMILES string of the molecule is COc1cc(C(Nc2ccc3cc[nH]c(=O)c3c2)C(=O)O)ccc1F. The summed E-state index contributed by atoms with van der Waals surface area (Å²) in [7, 11) is 1.31. The van der Waals surface area contributed by atoms with E-state index in [-0.39, 0.29) is 11.3 Å². The number of hydrogen-bond acceptors (Lipinski definition) is 4. The number of pyridine rings is 1. The van der Waals surface area contributed by atoms with Gasteiger partial charge in [0.2, 0.25) is 0 Å². The van der Waals surface area contributed by atoms with Crippen molar-refractivity contribution in [1.82, 2.24) is 4.98 Å². The fourth-order valence-corrected chi connectivity index (χ4v) is 2.58. The minimum Gasteiger partial charge on any atom is -0.494 e. The molecule has 0 amide bonds. The molecule has 3 N–H and O–H groups in total. The third kappa shape index (κ3) is 3.30. The molecule has 1 unspecified atom stereocenters. The van der Waals surface area contributed by atoms with Gasteiger partial charge in [0.05, 0.1) is 7.11 Å². The summed E-state index contributed by atoms with van der Waals surface area (Å²) in [5, 5.41) is 13.6. The molecule has 2 aromatic carbocycles. The van der Waals surface area contributed by atoms with Gasteiger partial charge in [-0.05, 0) is 41.3 Å². The molecule has 0 fully saturated rings. The number of benzene rings is 2. The molecular formula is C18H15FN2O4. The van der Waals surface area contributed by atoms with E-state index in [4.69, 9.17) is 4.74 Å². The summed E-state index contributed by atoms with van der Waals surface area (Å²) in [5.41, 5.74) is 0.518. The van der Waals surface area contributed by atoms with Crippen molar-refractivity contribution in [2.75, 3.05) is 12.4 Å². The number of aliphatic carboxylic acids is 1. The number of nitrogens with one attached hydrogen (secondary N) is 2. The molecule has 1 aromatic heterocycles. The van der Waals surface area contributed by atoms with E-state index < -0.39 is 17.8 Å². The number of methoxy groups -OCH3 is 1. The van der Waals surface area contributed by atoms with Crippen molar-refractivity contribution in [2.24, 2.45) is 0 Å². The highest BCUT2D eigenvalue weighted by molar-refractivity contribution is 5.86. The zero-order valence-corrected chi connectivity index (χ0v) is 13.2. The Hall–Kier alpha value is -3.35. The Bertz CT molecular complexity index is 1000. The van der Waals surface area contributed by atoms with Gasteiger partial charge >= 0.3 is 5.97 Å². The molecule has 6 nitrogen and oxygen atoms in total. The maximum Gasteiger partial charge on any atom is 0.330 e. The van der Waals surface area contributed by atoms with Crippen molar-refractivity contribution in [2.45, 2.75) is 6.04 Å². The van der Waals surface area contributed by atoms with Crippen molar-refractivity contribution in [3.05, 3.63) is 70.4 Å². The van der Waals surface area contributed by atoms with Gasteiger partial charge < -0.3 is 20.1 Å². The van der Waals surface area contributed by atoms with Crippen LogP contribution in [-0.2, 0) is 4.79 Å². The number of hydrogen-bond donors (Lipinski definition) is 3. The molecule has 0 saturated carbocycles. The van der Waals surface area contributed by atoms with E-state index in [9.17, 15) is 19.1 Å². The van der Waals surface area contributed by atoms with E-state index in [1.165, 1.54) is 19.2 Å². The number of rotatable bonds is 5. The monoisotopic (exact) mass is 342 g/mol. The summed E-state index contributed by atoms with van der Waals surface area (Å²) < 4.78 is 18.4. The quantitative estimate of drug-likeness (QED) is 0.663. The first-order valence-electron chi connectivity index (χ1n) is 7.44. The maximum atomic E-state index is 13.5. The molecule has 3 rings (SSSR count). The molecule has 0 aliphatic rings. The second kappa shape index (κ2) is 6.64. The van der Waals surface area contributed by atoms with Gasteiger partial charge in [0.15, 0.2) is 17.6 Å². The van der Waals surface area contributed by atoms with Crippen molar-refractivity contribution >= 4 is 22.4 Å². The van der Waals surface area contributed by atoms with Gasteiger partial charge in [-0.2, -0.15) is 0 Å². The largest absolute Gasteiger partial charge is 0.494 e. The number of aromatic amines is 1. The number of anilines is 1. The molecule has 25 heavy (non-hydrogen) atoms. The Morgan fingerprint density at radius 3 is 2.76 bits per heavy atom. The van der Waals surface area contributed by atoms with Gasteiger partial charge in [-0.15, -0.1) is 0 Å². The molecule has 3 aromatic rings. The molecule has 0 aliphatic heterocycles. The van der Waals surface area contributed by atoms with Crippen LogP contribution in [0.25, 0.3) is 10.8 Å². The highest BCUT2D eigenvalue weighted by Gasteiger charge is 2.21. The molecule has 0 aliphatic carbocycles. The Kier molecular flexibility index (Phi) is 4.38. The van der Waals surface area contributed by atoms with Crippen LogP contribution in [0.3, 0.4) is 0 Å². The van der Waals surface area contributed by atoms with Crippen LogP contribution in [-0.4, -0.2) is 23.2 Å². The first kappa shape index (κ1) is 16.5. The Labute approximate surface area is 141 Å². The third-order valence-electron chi connectivity index (χ3n) is 3.84. The predicted octanol–water partition coefficient (Wildman–Crippen LogP) is 2.91. The average molecular weight is 342 g/mol. The van der Waals surface area contributed by atoms with Crippen molar-refractivity contribution < 1.29 is 19.0 Å². The highest BCUT2D eigenvalue weighted by Crippen LogP contribution is 2.26. The molecule has 128 valence electrons. The first-order chi connectivity index (χ1) is 12.0. The number of H-pyrrole nitrogens is 1. The smallest absolute Gasteiger partial charge is 0.330 e. The second-order valence-electron chi connectivity index (χ2n) is 5.42. The van der Waals surface area contributed by atoms with E-state index in [0.717, 1.165) is 11.5 Å². The lowest BCUT2D eigenvalue weighted by Crippen LogP contribution is -2.20. The van der Waals surface area contributed by atoms with Gasteiger partial charge in [-0.25, -0.2) is 9.18 Å². The Morgan fingerprint density at radius 1 is 1.24 bits per heavy atom. The first-order valence-corrected chi connectivity index (χ1v) is 7.44. The molecule has 0 spiro atoms. The maximum absolute atomic E-state index is 13.5. The Morgan fingerprint density at radius 2 is 2.04 bits per heavy atom. The Balaban J connectivity index is 1.99. The lowest BCUT2D eigenvalue weighted by Gasteiger charge is -2.17. The van der Waals surface area contributed by atoms with Crippen molar-refractivity contribution in [3.8, 4) is 5.75 Å². The van der Waals surface area contributed by atoms with Crippen molar-refractivity contribution in [3.63, 3.8) is 0 Å². The fourth-order valence-electron chi connectivity index (χ4n) is 2.58. The van der Waals surface area contributed by atoms with Crippen LogP contribution in [0.4, 0.5) is 10.1 Å². The van der Waals surface area contributed by atoms with Gasteiger partial charge in [-0.3, -0.25) is 4.79 Å². The van der Waals surface area contributed by atoms with Crippen LogP contribution in [0, 0.1) is 5.82 Å².